The molecule has 0 bridgehead atoms. The molecule has 86 valence electrons. The van der Waals surface area contributed by atoms with Gasteiger partial charge in [-0.3, -0.25) is 9.59 Å². The molecule has 1 heterocycles. The van der Waals surface area contributed by atoms with E-state index < -0.39 is 11.4 Å². The Morgan fingerprint density at radius 1 is 1.50 bits per heavy atom. The zero-order valence-corrected chi connectivity index (χ0v) is 8.73. The van der Waals surface area contributed by atoms with Crippen LogP contribution in [0.1, 0.15) is 18.6 Å². The molecule has 1 saturated carbocycles. The molecule has 0 aromatic carbocycles. The summed E-state index contributed by atoms with van der Waals surface area (Å²) >= 11 is 0. The van der Waals surface area contributed by atoms with Crippen molar-refractivity contribution in [3.8, 4) is 0 Å². The fourth-order valence-electron chi connectivity index (χ4n) is 1.59. The average Bonchev–Trinajstić information content (AvgIpc) is 2.92. The predicted molar refractivity (Wildman–Crippen MR) is 54.7 cm³/mol. The Morgan fingerprint density at radius 3 is 2.75 bits per heavy atom. The maximum atomic E-state index is 11.6. The molecule has 1 fully saturated rings. The Morgan fingerprint density at radius 2 is 2.25 bits per heavy atom. The van der Waals surface area contributed by atoms with Gasteiger partial charge in [0.05, 0.1) is 6.26 Å². The Bertz CT molecular complexity index is 392. The second-order valence-electron chi connectivity index (χ2n) is 3.97. The van der Waals surface area contributed by atoms with Crippen LogP contribution in [0.3, 0.4) is 0 Å². The van der Waals surface area contributed by atoms with Crippen LogP contribution in [0.15, 0.2) is 22.8 Å². The van der Waals surface area contributed by atoms with Gasteiger partial charge in [0.25, 0.3) is 0 Å². The number of furan rings is 1. The third kappa shape index (κ3) is 1.93. The molecular weight excluding hydrogens is 210 g/mol. The lowest BCUT2D eigenvalue weighted by atomic mass is 10.1. The molecule has 5 nitrogen and oxygen atoms in total. The Labute approximate surface area is 92.4 Å². The molecule has 2 rings (SSSR count). The Hall–Kier alpha value is -1.78. The van der Waals surface area contributed by atoms with Gasteiger partial charge in [-0.1, -0.05) is 0 Å². The highest BCUT2D eigenvalue weighted by Gasteiger charge is 2.56. The van der Waals surface area contributed by atoms with Crippen molar-refractivity contribution in [3.05, 3.63) is 24.2 Å². The van der Waals surface area contributed by atoms with Gasteiger partial charge in [-0.25, -0.2) is 0 Å². The van der Waals surface area contributed by atoms with Crippen LogP contribution in [-0.4, -0.2) is 23.5 Å². The van der Waals surface area contributed by atoms with Crippen molar-refractivity contribution in [2.24, 2.45) is 5.41 Å². The summed E-state index contributed by atoms with van der Waals surface area (Å²) in [7, 11) is 0. The molecule has 1 aromatic rings. The van der Waals surface area contributed by atoms with Crippen LogP contribution in [-0.2, 0) is 16.0 Å². The molecule has 16 heavy (non-hydrogen) atoms. The summed E-state index contributed by atoms with van der Waals surface area (Å²) in [5.41, 5.74) is -1.15. The molecule has 1 aromatic heterocycles. The van der Waals surface area contributed by atoms with Crippen LogP contribution in [0.25, 0.3) is 0 Å². The molecule has 0 spiro atoms. The maximum Gasteiger partial charge on any atom is 0.319 e. The molecule has 1 aliphatic rings. The molecule has 0 unspecified atom stereocenters. The van der Waals surface area contributed by atoms with Crippen molar-refractivity contribution in [2.45, 2.75) is 19.3 Å². The third-order valence-electron chi connectivity index (χ3n) is 2.83. The zero-order valence-electron chi connectivity index (χ0n) is 8.73. The standard InChI is InChI=1S/C11H13NO4/c13-9(11(4-5-11)10(14)15)12-6-3-8-2-1-7-16-8/h1-2,7H,3-6H2,(H,12,13)(H,14,15). The molecule has 0 atom stereocenters. The monoisotopic (exact) mass is 223 g/mol. The first-order chi connectivity index (χ1) is 7.65. The van der Waals surface area contributed by atoms with Gasteiger partial charge in [0, 0.05) is 13.0 Å². The number of carboxylic acid groups (broad SMARTS) is 1. The SMILES string of the molecule is O=C(O)C1(C(=O)NCCc2ccco2)CC1. The van der Waals surface area contributed by atoms with Gasteiger partial charge in [0.2, 0.25) is 5.91 Å². The van der Waals surface area contributed by atoms with E-state index in [1.54, 1.807) is 12.3 Å². The first kappa shape index (κ1) is 10.7. The minimum Gasteiger partial charge on any atom is -0.480 e. The van der Waals surface area contributed by atoms with E-state index in [0.717, 1.165) is 5.76 Å². The topological polar surface area (TPSA) is 79.5 Å². The van der Waals surface area contributed by atoms with Gasteiger partial charge in [0.15, 0.2) is 0 Å². The predicted octanol–water partition coefficient (Wildman–Crippen LogP) is 0.803. The summed E-state index contributed by atoms with van der Waals surface area (Å²) in [5, 5.41) is 11.5. The quantitative estimate of drug-likeness (QED) is 0.724. The lowest BCUT2D eigenvalue weighted by Gasteiger charge is -2.09. The van der Waals surface area contributed by atoms with Gasteiger partial charge in [-0.15, -0.1) is 0 Å². The Balaban J connectivity index is 1.79. The van der Waals surface area contributed by atoms with Crippen LogP contribution in [0.4, 0.5) is 0 Å². The number of aliphatic carboxylic acids is 1. The number of hydrogen-bond donors (Lipinski definition) is 2. The summed E-state index contributed by atoms with van der Waals surface area (Å²) in [6.45, 7) is 0.404. The van der Waals surface area contributed by atoms with Gasteiger partial charge in [0.1, 0.15) is 11.2 Å². The number of carbonyl (C=O) groups excluding carboxylic acids is 1. The van der Waals surface area contributed by atoms with Gasteiger partial charge in [-0.2, -0.15) is 0 Å². The first-order valence-corrected chi connectivity index (χ1v) is 5.19. The van der Waals surface area contributed by atoms with E-state index >= 15 is 0 Å². The number of hydrogen-bond acceptors (Lipinski definition) is 3. The van der Waals surface area contributed by atoms with Crippen molar-refractivity contribution in [2.75, 3.05) is 6.54 Å². The van der Waals surface area contributed by atoms with E-state index in [4.69, 9.17) is 9.52 Å². The van der Waals surface area contributed by atoms with Crippen molar-refractivity contribution in [1.82, 2.24) is 5.32 Å². The summed E-state index contributed by atoms with van der Waals surface area (Å²) in [6.07, 6.45) is 3.02. The minimum atomic E-state index is -1.15. The van der Waals surface area contributed by atoms with Crippen molar-refractivity contribution in [1.29, 1.82) is 0 Å². The number of nitrogens with one attached hydrogen (secondary N) is 1. The minimum absolute atomic E-state index is 0.383. The molecule has 0 aliphatic heterocycles. The van der Waals surface area contributed by atoms with E-state index in [-0.39, 0.29) is 5.91 Å². The Kier molecular flexibility index (Phi) is 2.68. The van der Waals surface area contributed by atoms with E-state index in [1.165, 1.54) is 0 Å². The average molecular weight is 223 g/mol. The van der Waals surface area contributed by atoms with E-state index in [0.29, 0.717) is 25.8 Å². The molecule has 5 heteroatoms. The molecule has 1 aliphatic carbocycles. The molecular formula is C11H13NO4. The lowest BCUT2D eigenvalue weighted by molar-refractivity contribution is -0.149. The number of rotatable bonds is 5. The van der Waals surface area contributed by atoms with Gasteiger partial charge in [-0.05, 0) is 25.0 Å². The van der Waals surface area contributed by atoms with Crippen molar-refractivity contribution in [3.63, 3.8) is 0 Å². The maximum absolute atomic E-state index is 11.6. The lowest BCUT2D eigenvalue weighted by Crippen LogP contribution is -2.37. The summed E-state index contributed by atoms with van der Waals surface area (Å²) in [4.78, 5) is 22.4. The number of carbonyl (C=O) groups is 2. The first-order valence-electron chi connectivity index (χ1n) is 5.19. The fourth-order valence-corrected chi connectivity index (χ4v) is 1.59. The number of carboxylic acids is 1. The molecule has 0 radical (unpaired) electrons. The smallest absolute Gasteiger partial charge is 0.319 e. The summed E-state index contributed by atoms with van der Waals surface area (Å²) in [6, 6.07) is 3.59. The highest BCUT2D eigenvalue weighted by molar-refractivity contribution is 6.04. The van der Waals surface area contributed by atoms with Gasteiger partial charge < -0.3 is 14.8 Å². The number of amides is 1. The summed E-state index contributed by atoms with van der Waals surface area (Å²) in [5.74, 6) is -0.630. The van der Waals surface area contributed by atoms with Gasteiger partial charge >= 0.3 is 5.97 Å². The fraction of sp³-hybridized carbons (Fsp3) is 0.455. The second kappa shape index (κ2) is 4.00. The largest absolute Gasteiger partial charge is 0.480 e. The van der Waals surface area contributed by atoms with Crippen LogP contribution in [0.2, 0.25) is 0 Å². The molecule has 0 saturated heterocycles. The second-order valence-corrected chi connectivity index (χ2v) is 3.97. The summed E-state index contributed by atoms with van der Waals surface area (Å²) < 4.78 is 5.10. The van der Waals surface area contributed by atoms with E-state index in [2.05, 4.69) is 5.32 Å². The van der Waals surface area contributed by atoms with Crippen molar-refractivity contribution < 1.29 is 19.1 Å². The van der Waals surface area contributed by atoms with Crippen LogP contribution in [0, 0.1) is 5.41 Å². The van der Waals surface area contributed by atoms with E-state index in [9.17, 15) is 9.59 Å². The molecule has 1 amide bonds. The highest BCUT2D eigenvalue weighted by Crippen LogP contribution is 2.45. The zero-order chi connectivity index (χ0) is 11.6. The molecule has 2 N–H and O–H groups in total. The van der Waals surface area contributed by atoms with E-state index in [1.807, 2.05) is 6.07 Å². The normalized spacial score (nSPS) is 16.8. The highest BCUT2D eigenvalue weighted by atomic mass is 16.4. The van der Waals surface area contributed by atoms with Crippen molar-refractivity contribution >= 4 is 11.9 Å². The van der Waals surface area contributed by atoms with Crippen LogP contribution >= 0.6 is 0 Å². The van der Waals surface area contributed by atoms with Crippen LogP contribution in [0.5, 0.6) is 0 Å². The van der Waals surface area contributed by atoms with Crippen LogP contribution < -0.4 is 5.32 Å². The third-order valence-corrected chi connectivity index (χ3v) is 2.83.